The van der Waals surface area contributed by atoms with Crippen LogP contribution >= 0.6 is 38.9 Å². The summed E-state index contributed by atoms with van der Waals surface area (Å²) < 4.78 is 7.05. The van der Waals surface area contributed by atoms with Gasteiger partial charge in [-0.05, 0) is 47.0 Å². The molecule has 1 aliphatic rings. The second-order valence-electron chi connectivity index (χ2n) is 4.88. The third-order valence-corrected chi connectivity index (χ3v) is 5.09. The molecule has 0 amide bonds. The van der Waals surface area contributed by atoms with E-state index in [2.05, 4.69) is 33.4 Å². The second kappa shape index (κ2) is 6.48. The highest BCUT2D eigenvalue weighted by atomic mass is 79.9. The van der Waals surface area contributed by atoms with Crippen LogP contribution < -0.4 is 10.1 Å². The summed E-state index contributed by atoms with van der Waals surface area (Å²) in [6.45, 7) is 1.37. The lowest BCUT2D eigenvalue weighted by atomic mass is 10.2. The molecule has 1 aromatic carbocycles. The molecule has 2 nitrogen and oxygen atoms in total. The van der Waals surface area contributed by atoms with Crippen LogP contribution in [0.5, 0.6) is 5.75 Å². The number of rotatable bonds is 6. The Kier molecular flexibility index (Phi) is 4.66. The van der Waals surface area contributed by atoms with E-state index in [1.807, 2.05) is 18.2 Å². The Morgan fingerprint density at radius 1 is 1.30 bits per heavy atom. The lowest BCUT2D eigenvalue weighted by molar-refractivity contribution is 0.306. The Balaban J connectivity index is 1.69. The van der Waals surface area contributed by atoms with Crippen LogP contribution in [-0.4, -0.2) is 6.04 Å². The third-order valence-electron chi connectivity index (χ3n) is 3.19. The topological polar surface area (TPSA) is 21.3 Å². The molecule has 0 spiro atoms. The molecule has 1 N–H and O–H groups in total. The van der Waals surface area contributed by atoms with E-state index in [9.17, 15) is 0 Å². The standard InChI is InChI=1S/C15H15BrClNOS/c16-14-7-6-12(20-14)9-19-15-10(2-1-3-13(15)17)8-18-11-4-5-11/h1-3,6-7,11,18H,4-5,8-9H2. The minimum Gasteiger partial charge on any atom is -0.486 e. The molecule has 0 atom stereocenters. The number of nitrogens with one attached hydrogen (secondary N) is 1. The second-order valence-corrected chi connectivity index (χ2v) is 7.83. The van der Waals surface area contributed by atoms with Crippen molar-refractivity contribution in [3.63, 3.8) is 0 Å². The van der Waals surface area contributed by atoms with Crippen molar-refractivity contribution in [2.24, 2.45) is 0 Å². The van der Waals surface area contributed by atoms with E-state index < -0.39 is 0 Å². The highest BCUT2D eigenvalue weighted by Gasteiger charge is 2.21. The Morgan fingerprint density at radius 3 is 2.85 bits per heavy atom. The van der Waals surface area contributed by atoms with Crippen LogP contribution in [0, 0.1) is 0 Å². The zero-order valence-corrected chi connectivity index (χ0v) is 14.0. The molecule has 1 heterocycles. The smallest absolute Gasteiger partial charge is 0.142 e. The summed E-state index contributed by atoms with van der Waals surface area (Å²) in [5, 5.41) is 4.18. The minimum absolute atomic E-state index is 0.552. The Hall–Kier alpha value is -0.550. The maximum atomic E-state index is 6.27. The van der Waals surface area contributed by atoms with Crippen molar-refractivity contribution >= 4 is 38.9 Å². The average Bonchev–Trinajstić information content (AvgIpc) is 3.17. The molecule has 3 rings (SSSR count). The van der Waals surface area contributed by atoms with Crippen LogP contribution in [0.4, 0.5) is 0 Å². The van der Waals surface area contributed by atoms with Crippen molar-refractivity contribution in [1.29, 1.82) is 0 Å². The molecule has 0 bridgehead atoms. The van der Waals surface area contributed by atoms with E-state index in [1.165, 1.54) is 17.7 Å². The SMILES string of the molecule is Clc1cccc(CNC2CC2)c1OCc1ccc(Br)s1. The Bertz CT molecular complexity index is 597. The molecule has 0 unspecified atom stereocenters. The van der Waals surface area contributed by atoms with Crippen molar-refractivity contribution in [2.75, 3.05) is 0 Å². The van der Waals surface area contributed by atoms with Gasteiger partial charge < -0.3 is 10.1 Å². The summed E-state index contributed by atoms with van der Waals surface area (Å²) in [6.07, 6.45) is 2.56. The highest BCUT2D eigenvalue weighted by molar-refractivity contribution is 9.11. The van der Waals surface area contributed by atoms with Gasteiger partial charge in [0.25, 0.3) is 0 Å². The molecule has 1 aliphatic carbocycles. The molecular formula is C15H15BrClNOS. The van der Waals surface area contributed by atoms with Gasteiger partial charge in [0.15, 0.2) is 0 Å². The molecule has 2 aromatic rings. The van der Waals surface area contributed by atoms with Gasteiger partial charge in [-0.3, -0.25) is 0 Å². The van der Waals surface area contributed by atoms with Crippen LogP contribution in [0.1, 0.15) is 23.3 Å². The quantitative estimate of drug-likeness (QED) is 0.771. The van der Waals surface area contributed by atoms with E-state index in [0.29, 0.717) is 17.7 Å². The van der Waals surface area contributed by atoms with Crippen LogP contribution in [-0.2, 0) is 13.2 Å². The number of para-hydroxylation sites is 1. The zero-order valence-electron chi connectivity index (χ0n) is 10.9. The van der Waals surface area contributed by atoms with Gasteiger partial charge in [0.2, 0.25) is 0 Å². The maximum Gasteiger partial charge on any atom is 0.142 e. The van der Waals surface area contributed by atoms with Crippen LogP contribution in [0.25, 0.3) is 0 Å². The molecule has 1 saturated carbocycles. The van der Waals surface area contributed by atoms with Gasteiger partial charge in [0.1, 0.15) is 12.4 Å². The molecule has 106 valence electrons. The van der Waals surface area contributed by atoms with E-state index in [0.717, 1.165) is 21.6 Å². The molecule has 5 heteroatoms. The largest absolute Gasteiger partial charge is 0.486 e. The minimum atomic E-state index is 0.552. The van der Waals surface area contributed by atoms with Gasteiger partial charge in [-0.1, -0.05) is 23.7 Å². The summed E-state index contributed by atoms with van der Waals surface area (Å²) in [5.74, 6) is 0.798. The maximum absolute atomic E-state index is 6.27. The molecule has 0 saturated heterocycles. The third kappa shape index (κ3) is 3.76. The first-order valence-electron chi connectivity index (χ1n) is 6.60. The van der Waals surface area contributed by atoms with Crippen LogP contribution in [0.3, 0.4) is 0 Å². The summed E-state index contributed by atoms with van der Waals surface area (Å²) in [4.78, 5) is 1.18. The first-order valence-corrected chi connectivity index (χ1v) is 8.59. The lowest BCUT2D eigenvalue weighted by Gasteiger charge is -2.13. The molecule has 20 heavy (non-hydrogen) atoms. The fourth-order valence-electron chi connectivity index (χ4n) is 1.97. The van der Waals surface area contributed by atoms with Crippen LogP contribution in [0.2, 0.25) is 5.02 Å². The van der Waals surface area contributed by atoms with Crippen molar-refractivity contribution in [2.45, 2.75) is 32.0 Å². The Labute approximate surface area is 136 Å². The molecular weight excluding hydrogens is 358 g/mol. The van der Waals surface area contributed by atoms with Gasteiger partial charge in [-0.25, -0.2) is 0 Å². The normalized spacial score (nSPS) is 14.5. The fraction of sp³-hybridized carbons (Fsp3) is 0.333. The molecule has 1 fully saturated rings. The summed E-state index contributed by atoms with van der Waals surface area (Å²) in [7, 11) is 0. The van der Waals surface area contributed by atoms with Crippen molar-refractivity contribution in [3.8, 4) is 5.75 Å². The summed E-state index contributed by atoms with van der Waals surface area (Å²) in [5.41, 5.74) is 1.13. The Morgan fingerprint density at radius 2 is 2.15 bits per heavy atom. The molecule has 0 radical (unpaired) electrons. The van der Waals surface area contributed by atoms with E-state index in [-0.39, 0.29) is 0 Å². The van der Waals surface area contributed by atoms with Crippen molar-refractivity contribution in [3.05, 3.63) is 49.6 Å². The zero-order chi connectivity index (χ0) is 13.9. The number of thiophene rings is 1. The average molecular weight is 373 g/mol. The first-order chi connectivity index (χ1) is 9.72. The number of ether oxygens (including phenoxy) is 1. The monoisotopic (exact) mass is 371 g/mol. The predicted molar refractivity (Wildman–Crippen MR) is 87.7 cm³/mol. The molecule has 1 aromatic heterocycles. The van der Waals surface area contributed by atoms with Gasteiger partial charge in [-0.15, -0.1) is 11.3 Å². The number of hydrogen-bond acceptors (Lipinski definition) is 3. The van der Waals surface area contributed by atoms with Crippen molar-refractivity contribution in [1.82, 2.24) is 5.32 Å². The van der Waals surface area contributed by atoms with Crippen molar-refractivity contribution < 1.29 is 4.74 Å². The van der Waals surface area contributed by atoms with Gasteiger partial charge >= 0.3 is 0 Å². The van der Waals surface area contributed by atoms with E-state index in [4.69, 9.17) is 16.3 Å². The number of hydrogen-bond donors (Lipinski definition) is 1. The highest BCUT2D eigenvalue weighted by Crippen LogP contribution is 2.31. The van der Waals surface area contributed by atoms with E-state index in [1.54, 1.807) is 11.3 Å². The molecule has 0 aliphatic heterocycles. The first kappa shape index (κ1) is 14.4. The number of benzene rings is 1. The van der Waals surface area contributed by atoms with Gasteiger partial charge in [-0.2, -0.15) is 0 Å². The van der Waals surface area contributed by atoms with Gasteiger partial charge in [0, 0.05) is 23.0 Å². The summed E-state index contributed by atoms with van der Waals surface area (Å²) in [6, 6.07) is 10.7. The predicted octanol–water partition coefficient (Wildman–Crippen LogP) is 5.00. The lowest BCUT2D eigenvalue weighted by Crippen LogP contribution is -2.16. The van der Waals surface area contributed by atoms with Crippen LogP contribution in [0.15, 0.2) is 34.1 Å². The fourth-order valence-corrected chi connectivity index (χ4v) is 3.61. The van der Waals surface area contributed by atoms with E-state index >= 15 is 0 Å². The van der Waals surface area contributed by atoms with Gasteiger partial charge in [0.05, 0.1) is 8.81 Å². The summed E-state index contributed by atoms with van der Waals surface area (Å²) >= 11 is 11.4. The number of halogens is 2.